The van der Waals surface area contributed by atoms with Crippen LogP contribution in [0.2, 0.25) is 0 Å². The maximum atomic E-state index is 2.24. The first-order valence-corrected chi connectivity index (χ1v) is 3.75. The summed E-state index contributed by atoms with van der Waals surface area (Å²) in [4.78, 5) is 0. The van der Waals surface area contributed by atoms with Crippen molar-refractivity contribution in [2.24, 2.45) is 5.92 Å². The lowest BCUT2D eigenvalue weighted by atomic mass is 9.99. The Hall–Kier alpha value is -0.260. The van der Waals surface area contributed by atoms with E-state index in [9.17, 15) is 0 Å². The van der Waals surface area contributed by atoms with Gasteiger partial charge in [0.2, 0.25) is 0 Å². The van der Waals surface area contributed by atoms with Crippen LogP contribution < -0.4 is 0 Å². The summed E-state index contributed by atoms with van der Waals surface area (Å²) in [6.45, 7) is 11.1. The fraction of sp³-hybridized carbons (Fsp3) is 0.778. The van der Waals surface area contributed by atoms with Gasteiger partial charge in [0.25, 0.3) is 0 Å². The summed E-state index contributed by atoms with van der Waals surface area (Å²) in [5.74, 6) is 0.727. The average Bonchev–Trinajstić information content (AvgIpc) is 1.84. The van der Waals surface area contributed by atoms with E-state index in [-0.39, 0.29) is 0 Å². The first kappa shape index (κ1) is 8.74. The molecule has 0 bridgehead atoms. The molecule has 0 atom stereocenters. The van der Waals surface area contributed by atoms with Crippen molar-refractivity contribution in [2.75, 3.05) is 0 Å². The van der Waals surface area contributed by atoms with Gasteiger partial charge in [0, 0.05) is 0 Å². The van der Waals surface area contributed by atoms with Crippen molar-refractivity contribution in [3.8, 4) is 0 Å². The smallest absolute Gasteiger partial charge is 0.0260 e. The van der Waals surface area contributed by atoms with Crippen LogP contribution in [-0.2, 0) is 0 Å². The topological polar surface area (TPSA) is 0 Å². The number of allylic oxidation sites excluding steroid dienone is 2. The van der Waals surface area contributed by atoms with E-state index in [1.807, 2.05) is 0 Å². The van der Waals surface area contributed by atoms with Crippen LogP contribution in [0.3, 0.4) is 0 Å². The molecule has 0 aliphatic rings. The lowest BCUT2D eigenvalue weighted by molar-refractivity contribution is 0.748. The first-order chi connectivity index (χ1) is 4.09. The van der Waals surface area contributed by atoms with Crippen molar-refractivity contribution in [1.29, 1.82) is 0 Å². The van der Waals surface area contributed by atoms with Crippen LogP contribution in [0.25, 0.3) is 0 Å². The molecule has 0 aliphatic heterocycles. The standard InChI is InChI=1S/C9H18/c1-6-8(4)9(5)7(2)3/h7H,6H2,1-5H3. The lowest BCUT2D eigenvalue weighted by Crippen LogP contribution is -1.91. The van der Waals surface area contributed by atoms with Gasteiger partial charge in [-0.1, -0.05) is 31.9 Å². The van der Waals surface area contributed by atoms with Crippen LogP contribution in [0.5, 0.6) is 0 Å². The first-order valence-electron chi connectivity index (χ1n) is 3.75. The fourth-order valence-corrected chi connectivity index (χ4v) is 0.772. The highest BCUT2D eigenvalue weighted by Crippen LogP contribution is 2.15. The maximum Gasteiger partial charge on any atom is -0.0260 e. The molecule has 0 radical (unpaired) electrons. The summed E-state index contributed by atoms with van der Waals surface area (Å²) in [6, 6.07) is 0. The van der Waals surface area contributed by atoms with E-state index in [0.29, 0.717) is 0 Å². The molecule has 0 heteroatoms. The molecule has 0 nitrogen and oxygen atoms in total. The van der Waals surface area contributed by atoms with Gasteiger partial charge in [-0.3, -0.25) is 0 Å². The van der Waals surface area contributed by atoms with E-state index in [1.54, 1.807) is 11.1 Å². The van der Waals surface area contributed by atoms with Gasteiger partial charge in [-0.15, -0.1) is 0 Å². The zero-order chi connectivity index (χ0) is 7.44. The van der Waals surface area contributed by atoms with Crippen molar-refractivity contribution in [2.45, 2.75) is 41.0 Å². The third kappa shape index (κ3) is 2.69. The Morgan fingerprint density at radius 2 is 1.67 bits per heavy atom. The van der Waals surface area contributed by atoms with Crippen LogP contribution >= 0.6 is 0 Å². The molecule has 0 aliphatic carbocycles. The Kier molecular flexibility index (Phi) is 3.60. The van der Waals surface area contributed by atoms with Gasteiger partial charge < -0.3 is 0 Å². The average molecular weight is 126 g/mol. The van der Waals surface area contributed by atoms with Crippen molar-refractivity contribution < 1.29 is 0 Å². The van der Waals surface area contributed by atoms with Crippen LogP contribution in [-0.4, -0.2) is 0 Å². The molecule has 0 saturated heterocycles. The molecule has 0 spiro atoms. The third-order valence-electron chi connectivity index (χ3n) is 2.07. The zero-order valence-electron chi connectivity index (χ0n) is 7.28. The van der Waals surface area contributed by atoms with Crippen LogP contribution in [0.4, 0.5) is 0 Å². The minimum absolute atomic E-state index is 0.727. The fourth-order valence-electron chi connectivity index (χ4n) is 0.772. The van der Waals surface area contributed by atoms with Gasteiger partial charge >= 0.3 is 0 Å². The second-order valence-corrected chi connectivity index (χ2v) is 2.97. The van der Waals surface area contributed by atoms with Crippen LogP contribution in [0.15, 0.2) is 11.1 Å². The van der Waals surface area contributed by atoms with E-state index >= 15 is 0 Å². The molecule has 0 N–H and O–H groups in total. The molecule has 0 heterocycles. The summed E-state index contributed by atoms with van der Waals surface area (Å²) in [7, 11) is 0. The lowest BCUT2D eigenvalue weighted by Gasteiger charge is -2.08. The zero-order valence-corrected chi connectivity index (χ0v) is 7.28. The number of hydrogen-bond donors (Lipinski definition) is 0. The van der Waals surface area contributed by atoms with Crippen molar-refractivity contribution in [1.82, 2.24) is 0 Å². The quantitative estimate of drug-likeness (QED) is 0.497. The molecule has 0 amide bonds. The minimum Gasteiger partial charge on any atom is -0.0744 e. The molecule has 0 aromatic carbocycles. The van der Waals surface area contributed by atoms with Gasteiger partial charge in [-0.25, -0.2) is 0 Å². The second kappa shape index (κ2) is 3.71. The predicted molar refractivity (Wildman–Crippen MR) is 43.5 cm³/mol. The highest BCUT2D eigenvalue weighted by atomic mass is 14.0. The molecular formula is C9H18. The molecule has 0 aromatic rings. The summed E-state index contributed by atoms with van der Waals surface area (Å²) in [5.41, 5.74) is 3.10. The number of rotatable bonds is 2. The van der Waals surface area contributed by atoms with Crippen LogP contribution in [0, 0.1) is 5.92 Å². The largest absolute Gasteiger partial charge is 0.0744 e. The number of hydrogen-bond acceptors (Lipinski definition) is 0. The normalized spacial score (nSPS) is 14.0. The van der Waals surface area contributed by atoms with E-state index in [0.717, 1.165) is 5.92 Å². The SMILES string of the molecule is CCC(C)=C(C)C(C)C. The summed E-state index contributed by atoms with van der Waals surface area (Å²) >= 11 is 0. The van der Waals surface area contributed by atoms with Gasteiger partial charge in [-0.2, -0.15) is 0 Å². The molecule has 9 heavy (non-hydrogen) atoms. The Morgan fingerprint density at radius 3 is 1.78 bits per heavy atom. The van der Waals surface area contributed by atoms with Gasteiger partial charge in [0.1, 0.15) is 0 Å². The monoisotopic (exact) mass is 126 g/mol. The van der Waals surface area contributed by atoms with Crippen LogP contribution in [0.1, 0.15) is 41.0 Å². The van der Waals surface area contributed by atoms with E-state index in [4.69, 9.17) is 0 Å². The summed E-state index contributed by atoms with van der Waals surface area (Å²) in [5, 5.41) is 0. The second-order valence-electron chi connectivity index (χ2n) is 2.97. The van der Waals surface area contributed by atoms with E-state index < -0.39 is 0 Å². The summed E-state index contributed by atoms with van der Waals surface area (Å²) < 4.78 is 0. The minimum atomic E-state index is 0.727. The van der Waals surface area contributed by atoms with Crippen molar-refractivity contribution >= 4 is 0 Å². The molecule has 0 fully saturated rings. The third-order valence-corrected chi connectivity index (χ3v) is 2.07. The van der Waals surface area contributed by atoms with Gasteiger partial charge in [0.15, 0.2) is 0 Å². The van der Waals surface area contributed by atoms with E-state index in [1.165, 1.54) is 6.42 Å². The van der Waals surface area contributed by atoms with Gasteiger partial charge in [0.05, 0.1) is 0 Å². The molecule has 0 saturated carbocycles. The highest BCUT2D eigenvalue weighted by Gasteiger charge is 1.98. The molecular weight excluding hydrogens is 108 g/mol. The Morgan fingerprint density at radius 1 is 1.22 bits per heavy atom. The molecule has 0 unspecified atom stereocenters. The Bertz CT molecular complexity index is 107. The van der Waals surface area contributed by atoms with E-state index in [2.05, 4.69) is 34.6 Å². The van der Waals surface area contributed by atoms with Crippen molar-refractivity contribution in [3.63, 3.8) is 0 Å². The van der Waals surface area contributed by atoms with Gasteiger partial charge in [-0.05, 0) is 26.2 Å². The maximum absolute atomic E-state index is 2.24. The molecule has 54 valence electrons. The predicted octanol–water partition coefficient (Wildman–Crippen LogP) is 3.39. The van der Waals surface area contributed by atoms with Crippen molar-refractivity contribution in [3.05, 3.63) is 11.1 Å². The molecule has 0 aromatic heterocycles. The summed E-state index contributed by atoms with van der Waals surface area (Å²) in [6.07, 6.45) is 1.20. The Labute approximate surface area is 59.0 Å². The molecule has 0 rings (SSSR count). The Balaban J connectivity index is 4.10. The highest BCUT2D eigenvalue weighted by molar-refractivity contribution is 5.10.